The second kappa shape index (κ2) is 11.1. The summed E-state index contributed by atoms with van der Waals surface area (Å²) in [4.78, 5) is 28.3. The van der Waals surface area contributed by atoms with Gasteiger partial charge in [-0.1, -0.05) is 48.4 Å². The van der Waals surface area contributed by atoms with Gasteiger partial charge in [-0.2, -0.15) is 0 Å². The van der Waals surface area contributed by atoms with Crippen LogP contribution in [0.4, 0.5) is 0 Å². The van der Waals surface area contributed by atoms with Crippen LogP contribution in [-0.4, -0.2) is 35.1 Å². The minimum Gasteiger partial charge on any atom is -0.355 e. The molecule has 2 rings (SSSR count). The minimum atomic E-state index is -0.487. The zero-order chi connectivity index (χ0) is 20.5. The molecule has 0 aliphatic heterocycles. The first-order valence-electron chi connectivity index (χ1n) is 9.45. The number of nitrogens with zero attached hydrogens (tertiary/aromatic N) is 1. The molecule has 0 saturated heterocycles. The van der Waals surface area contributed by atoms with Crippen LogP contribution < -0.4 is 5.32 Å². The maximum Gasteiger partial charge on any atom is 0.242 e. The topological polar surface area (TPSA) is 49.4 Å². The average molecular weight is 419 g/mol. The Morgan fingerprint density at radius 3 is 2.46 bits per heavy atom. The van der Waals surface area contributed by atoms with E-state index < -0.39 is 6.04 Å². The predicted molar refractivity (Wildman–Crippen MR) is 117 cm³/mol. The Morgan fingerprint density at radius 1 is 1.14 bits per heavy atom. The molecule has 4 nitrogen and oxygen atoms in total. The molecule has 0 saturated carbocycles. The highest BCUT2D eigenvalue weighted by molar-refractivity contribution is 8.00. The van der Waals surface area contributed by atoms with Gasteiger partial charge in [-0.15, -0.1) is 11.8 Å². The number of thioether (sulfide) groups is 1. The van der Waals surface area contributed by atoms with E-state index in [1.54, 1.807) is 4.90 Å². The van der Waals surface area contributed by atoms with Gasteiger partial charge >= 0.3 is 0 Å². The van der Waals surface area contributed by atoms with Crippen molar-refractivity contribution in [3.8, 4) is 0 Å². The Morgan fingerprint density at radius 2 is 1.86 bits per heavy atom. The van der Waals surface area contributed by atoms with Crippen molar-refractivity contribution < 1.29 is 9.59 Å². The lowest BCUT2D eigenvalue weighted by Gasteiger charge is -2.30. The van der Waals surface area contributed by atoms with Gasteiger partial charge in [-0.25, -0.2) is 0 Å². The first-order chi connectivity index (χ1) is 13.4. The summed E-state index contributed by atoms with van der Waals surface area (Å²) in [5.41, 5.74) is 2.15. The van der Waals surface area contributed by atoms with Gasteiger partial charge in [0.25, 0.3) is 0 Å². The van der Waals surface area contributed by atoms with Crippen LogP contribution in [0.2, 0.25) is 5.02 Å². The summed E-state index contributed by atoms with van der Waals surface area (Å²) in [5.74, 6) is 0.102. The molecule has 0 aromatic heterocycles. The predicted octanol–water partition coefficient (Wildman–Crippen LogP) is 4.68. The summed E-state index contributed by atoms with van der Waals surface area (Å²) in [5, 5.41) is 3.52. The third kappa shape index (κ3) is 6.57. The molecule has 0 unspecified atom stereocenters. The molecule has 0 bridgehead atoms. The Hall–Kier alpha value is -1.98. The van der Waals surface area contributed by atoms with Crippen molar-refractivity contribution in [2.45, 2.75) is 44.7 Å². The second-order valence-electron chi connectivity index (χ2n) is 6.57. The van der Waals surface area contributed by atoms with Crippen LogP contribution >= 0.6 is 23.4 Å². The number of amides is 2. The number of nitrogens with one attached hydrogen (secondary N) is 1. The van der Waals surface area contributed by atoms with Crippen molar-refractivity contribution in [3.63, 3.8) is 0 Å². The Kier molecular flexibility index (Phi) is 8.87. The number of aryl methyl sites for hydroxylation is 1. The first kappa shape index (κ1) is 22.3. The minimum absolute atomic E-state index is 0.0560. The molecule has 0 radical (unpaired) electrons. The molecule has 28 heavy (non-hydrogen) atoms. The molecule has 2 aromatic rings. The van der Waals surface area contributed by atoms with Crippen molar-refractivity contribution in [2.24, 2.45) is 0 Å². The number of rotatable bonds is 9. The van der Waals surface area contributed by atoms with Gasteiger partial charge < -0.3 is 10.2 Å². The van der Waals surface area contributed by atoms with Crippen LogP contribution in [0.3, 0.4) is 0 Å². The average Bonchev–Trinajstić information content (AvgIpc) is 2.67. The largest absolute Gasteiger partial charge is 0.355 e. The zero-order valence-electron chi connectivity index (χ0n) is 16.6. The van der Waals surface area contributed by atoms with Crippen LogP contribution in [0, 0.1) is 6.92 Å². The van der Waals surface area contributed by atoms with Crippen LogP contribution in [0.25, 0.3) is 0 Å². The van der Waals surface area contributed by atoms with Crippen molar-refractivity contribution in [2.75, 3.05) is 12.3 Å². The fraction of sp³-hybridized carbons (Fsp3) is 0.364. The molecule has 0 aliphatic carbocycles. The van der Waals surface area contributed by atoms with Gasteiger partial charge in [0.2, 0.25) is 11.8 Å². The number of hydrogen-bond acceptors (Lipinski definition) is 3. The molecule has 6 heteroatoms. The van der Waals surface area contributed by atoms with E-state index in [2.05, 4.69) is 11.4 Å². The van der Waals surface area contributed by atoms with Crippen LogP contribution in [0.5, 0.6) is 0 Å². The van der Waals surface area contributed by atoms with Gasteiger partial charge in [0.05, 0.1) is 5.75 Å². The lowest BCUT2D eigenvalue weighted by Crippen LogP contribution is -2.49. The zero-order valence-corrected chi connectivity index (χ0v) is 18.1. The first-order valence-corrected chi connectivity index (χ1v) is 10.8. The van der Waals surface area contributed by atoms with E-state index in [4.69, 9.17) is 11.6 Å². The molecule has 1 N–H and O–H groups in total. The number of hydrogen-bond donors (Lipinski definition) is 1. The second-order valence-corrected chi connectivity index (χ2v) is 8.06. The summed E-state index contributed by atoms with van der Waals surface area (Å²) < 4.78 is 0. The standard InChI is InChI=1S/C22H27ClN2O2S/c1-4-20(22(27)24-5-2)25(14-17-8-6-7-16(3)13-17)21(26)15-28-19-11-9-18(23)10-12-19/h6-13,20H,4-5,14-15H2,1-3H3,(H,24,27)/t20-/m1/s1. The number of benzene rings is 2. The molecular formula is C22H27ClN2O2S. The molecule has 1 atom stereocenters. The van der Waals surface area contributed by atoms with Gasteiger partial charge in [-0.05, 0) is 50.1 Å². The van der Waals surface area contributed by atoms with Crippen LogP contribution in [0.15, 0.2) is 53.4 Å². The Bertz CT molecular complexity index is 795. The van der Waals surface area contributed by atoms with Crippen molar-refractivity contribution in [1.82, 2.24) is 10.2 Å². The molecule has 0 spiro atoms. The van der Waals surface area contributed by atoms with E-state index >= 15 is 0 Å². The number of carbonyl (C=O) groups is 2. The maximum atomic E-state index is 13.1. The number of likely N-dealkylation sites (N-methyl/N-ethyl adjacent to an activating group) is 1. The van der Waals surface area contributed by atoms with Crippen molar-refractivity contribution in [3.05, 3.63) is 64.7 Å². The SMILES string of the molecule is CCNC(=O)[C@@H](CC)N(Cc1cccc(C)c1)C(=O)CSc1ccc(Cl)cc1. The van der Waals surface area contributed by atoms with E-state index in [9.17, 15) is 9.59 Å². The summed E-state index contributed by atoms with van der Waals surface area (Å²) in [7, 11) is 0. The quantitative estimate of drug-likeness (QED) is 0.601. The normalized spacial score (nSPS) is 11.7. The molecule has 0 heterocycles. The van der Waals surface area contributed by atoms with Crippen LogP contribution in [0.1, 0.15) is 31.4 Å². The molecule has 2 amide bonds. The molecule has 0 fully saturated rings. The molecule has 150 valence electrons. The lowest BCUT2D eigenvalue weighted by atomic mass is 10.1. The third-order valence-electron chi connectivity index (χ3n) is 4.35. The van der Waals surface area contributed by atoms with E-state index in [1.165, 1.54) is 11.8 Å². The number of halogens is 1. The molecular weight excluding hydrogens is 392 g/mol. The van der Waals surface area contributed by atoms with E-state index in [0.717, 1.165) is 16.0 Å². The molecule has 0 aliphatic rings. The maximum absolute atomic E-state index is 13.1. The Balaban J connectivity index is 2.18. The molecule has 2 aromatic carbocycles. The van der Waals surface area contributed by atoms with Gasteiger partial charge in [0.15, 0.2) is 0 Å². The van der Waals surface area contributed by atoms with Crippen molar-refractivity contribution >= 4 is 35.2 Å². The third-order valence-corrected chi connectivity index (χ3v) is 5.60. The monoisotopic (exact) mass is 418 g/mol. The Labute approximate surface area is 176 Å². The van der Waals surface area contributed by atoms with Gasteiger partial charge in [0, 0.05) is 23.0 Å². The highest BCUT2D eigenvalue weighted by Crippen LogP contribution is 2.22. The highest BCUT2D eigenvalue weighted by atomic mass is 35.5. The summed E-state index contributed by atoms with van der Waals surface area (Å²) in [6, 6.07) is 15.0. The van der Waals surface area contributed by atoms with Gasteiger partial charge in [0.1, 0.15) is 6.04 Å². The lowest BCUT2D eigenvalue weighted by molar-refractivity contribution is -0.139. The summed E-state index contributed by atoms with van der Waals surface area (Å²) >= 11 is 7.37. The number of carbonyl (C=O) groups excluding carboxylic acids is 2. The van der Waals surface area contributed by atoms with E-state index in [1.807, 2.05) is 63.2 Å². The fourth-order valence-corrected chi connectivity index (χ4v) is 3.89. The van der Waals surface area contributed by atoms with Gasteiger partial charge in [-0.3, -0.25) is 9.59 Å². The smallest absolute Gasteiger partial charge is 0.242 e. The fourth-order valence-electron chi connectivity index (χ4n) is 2.98. The van der Waals surface area contributed by atoms with E-state index in [0.29, 0.717) is 24.5 Å². The van der Waals surface area contributed by atoms with Crippen LogP contribution in [-0.2, 0) is 16.1 Å². The van der Waals surface area contributed by atoms with Crippen molar-refractivity contribution in [1.29, 1.82) is 0 Å². The van der Waals surface area contributed by atoms with E-state index in [-0.39, 0.29) is 17.6 Å². The summed E-state index contributed by atoms with van der Waals surface area (Å²) in [6.07, 6.45) is 0.564. The summed E-state index contributed by atoms with van der Waals surface area (Å²) in [6.45, 7) is 6.79. The highest BCUT2D eigenvalue weighted by Gasteiger charge is 2.28.